The van der Waals surface area contributed by atoms with Crippen LogP contribution in [-0.2, 0) is 17.8 Å². The summed E-state index contributed by atoms with van der Waals surface area (Å²) >= 11 is 0. The Morgan fingerprint density at radius 3 is 2.76 bits per heavy atom. The molecule has 204 valence electrons. The van der Waals surface area contributed by atoms with Gasteiger partial charge in [-0.3, -0.25) is 10.00 Å². The maximum atomic E-state index is 11.2. The van der Waals surface area contributed by atoms with Crippen LogP contribution in [0.2, 0.25) is 0 Å². The van der Waals surface area contributed by atoms with E-state index in [-0.39, 0.29) is 18.6 Å². The van der Waals surface area contributed by atoms with Crippen LogP contribution in [0.15, 0.2) is 24.4 Å². The zero-order valence-electron chi connectivity index (χ0n) is 21.5. The van der Waals surface area contributed by atoms with Gasteiger partial charge >= 0.3 is 6.09 Å². The highest BCUT2D eigenvalue weighted by atomic mass is 16.5. The van der Waals surface area contributed by atoms with Crippen molar-refractivity contribution in [2.45, 2.75) is 57.3 Å². The number of aromatic nitrogens is 4. The Balaban J connectivity index is 1.39. The van der Waals surface area contributed by atoms with E-state index in [0.717, 1.165) is 68.7 Å². The number of anilines is 2. The lowest BCUT2D eigenvalue weighted by molar-refractivity contribution is 0.0776. The van der Waals surface area contributed by atoms with Crippen molar-refractivity contribution in [2.24, 2.45) is 5.92 Å². The first-order chi connectivity index (χ1) is 18.5. The van der Waals surface area contributed by atoms with Crippen LogP contribution in [0, 0.1) is 5.92 Å². The van der Waals surface area contributed by atoms with Crippen LogP contribution in [0.1, 0.15) is 43.2 Å². The van der Waals surface area contributed by atoms with Gasteiger partial charge < -0.3 is 30.3 Å². The van der Waals surface area contributed by atoms with Crippen LogP contribution in [0.25, 0.3) is 11.0 Å². The van der Waals surface area contributed by atoms with Crippen molar-refractivity contribution in [1.82, 2.24) is 25.1 Å². The monoisotopic (exact) mass is 525 g/mol. The third-order valence-electron chi connectivity index (χ3n) is 7.07. The topological polar surface area (TPSA) is 156 Å². The number of methoxy groups -OCH3 is 1. The molecule has 38 heavy (non-hydrogen) atoms. The van der Waals surface area contributed by atoms with Crippen LogP contribution >= 0.6 is 0 Å². The number of rotatable bonds is 12. The molecule has 1 amide bonds. The number of carbonyl (C=O) groups is 1. The quantitative estimate of drug-likeness (QED) is 0.238. The molecule has 12 heteroatoms. The van der Waals surface area contributed by atoms with Crippen molar-refractivity contribution in [1.29, 1.82) is 0 Å². The Labute approximate surface area is 220 Å². The van der Waals surface area contributed by atoms with Crippen molar-refractivity contribution < 1.29 is 24.5 Å². The van der Waals surface area contributed by atoms with Crippen molar-refractivity contribution in [3.63, 3.8) is 0 Å². The first-order valence-electron chi connectivity index (χ1n) is 13.1. The molecule has 12 nitrogen and oxygen atoms in total. The average molecular weight is 526 g/mol. The van der Waals surface area contributed by atoms with Gasteiger partial charge in [0.05, 0.1) is 32.5 Å². The highest BCUT2D eigenvalue weighted by Crippen LogP contribution is 2.35. The minimum Gasteiger partial charge on any atom is -0.496 e. The second-order valence-electron chi connectivity index (χ2n) is 9.98. The van der Waals surface area contributed by atoms with E-state index in [0.29, 0.717) is 35.4 Å². The smallest absolute Gasteiger partial charge is 0.411 e. The van der Waals surface area contributed by atoms with E-state index >= 15 is 0 Å². The number of nitrogens with one attached hydrogen (secondary N) is 3. The van der Waals surface area contributed by atoms with Gasteiger partial charge in [0.2, 0.25) is 5.95 Å². The van der Waals surface area contributed by atoms with Gasteiger partial charge in [-0.1, -0.05) is 25.0 Å². The van der Waals surface area contributed by atoms with Crippen molar-refractivity contribution in [2.75, 3.05) is 37.6 Å². The number of ether oxygens (including phenoxy) is 2. The first-order valence-corrected chi connectivity index (χ1v) is 13.1. The van der Waals surface area contributed by atoms with Crippen molar-refractivity contribution >= 4 is 28.9 Å². The van der Waals surface area contributed by atoms with Gasteiger partial charge in [0.1, 0.15) is 16.8 Å². The van der Waals surface area contributed by atoms with Crippen LogP contribution in [-0.4, -0.2) is 75.1 Å². The van der Waals surface area contributed by atoms with Gasteiger partial charge in [-0.2, -0.15) is 10.1 Å². The Hall–Kier alpha value is -3.48. The Morgan fingerprint density at radius 1 is 1.24 bits per heavy atom. The molecule has 0 spiro atoms. The molecule has 2 aromatic heterocycles. The fourth-order valence-electron chi connectivity index (χ4n) is 4.85. The van der Waals surface area contributed by atoms with Crippen LogP contribution in [0.4, 0.5) is 16.6 Å². The molecule has 1 unspecified atom stereocenters. The summed E-state index contributed by atoms with van der Waals surface area (Å²) in [5.41, 5.74) is 3.18. The van der Waals surface area contributed by atoms with Crippen molar-refractivity contribution in [3.8, 4) is 5.75 Å². The number of aliphatic hydroxyl groups excluding tert-OH is 1. The number of fused-ring (bicyclic) bond motifs is 1. The number of carboxylic acid groups (broad SMARTS) is 1. The Kier molecular flexibility index (Phi) is 8.20. The Bertz CT molecular complexity index is 1260. The molecule has 5 N–H and O–H groups in total. The van der Waals surface area contributed by atoms with Gasteiger partial charge in [-0.25, -0.2) is 9.78 Å². The highest BCUT2D eigenvalue weighted by molar-refractivity contribution is 5.89. The minimum absolute atomic E-state index is 0.0471. The lowest BCUT2D eigenvalue weighted by Crippen LogP contribution is -2.34. The molecule has 2 fully saturated rings. The number of amides is 1. The summed E-state index contributed by atoms with van der Waals surface area (Å²) < 4.78 is 12.9. The molecule has 2 aliphatic rings. The highest BCUT2D eigenvalue weighted by Gasteiger charge is 2.26. The van der Waals surface area contributed by atoms with E-state index in [2.05, 4.69) is 37.1 Å². The van der Waals surface area contributed by atoms with Crippen molar-refractivity contribution in [3.05, 3.63) is 35.5 Å². The predicted octanol–water partition coefficient (Wildman–Crippen LogP) is 2.81. The van der Waals surface area contributed by atoms with E-state index in [1.807, 2.05) is 12.1 Å². The number of benzene rings is 1. The van der Waals surface area contributed by atoms with Gasteiger partial charge in [-0.05, 0) is 36.8 Å². The molecule has 0 radical (unpaired) electrons. The summed E-state index contributed by atoms with van der Waals surface area (Å²) in [5.74, 6) is 1.71. The van der Waals surface area contributed by atoms with E-state index in [4.69, 9.17) is 9.47 Å². The van der Waals surface area contributed by atoms with Gasteiger partial charge in [0.15, 0.2) is 5.82 Å². The Morgan fingerprint density at radius 2 is 2.05 bits per heavy atom. The molecule has 1 saturated carbocycles. The number of nitrogens with zero attached hydrogens (tertiary/aromatic N) is 4. The first kappa shape index (κ1) is 26.1. The molecule has 1 saturated heterocycles. The van der Waals surface area contributed by atoms with Crippen LogP contribution in [0.3, 0.4) is 0 Å². The molecule has 3 aromatic rings. The molecule has 5 rings (SSSR count). The van der Waals surface area contributed by atoms with Gasteiger partial charge in [0, 0.05) is 31.4 Å². The molecular formula is C26H35N7O5. The van der Waals surface area contributed by atoms with E-state index in [1.165, 1.54) is 0 Å². The van der Waals surface area contributed by atoms with Gasteiger partial charge in [0.25, 0.3) is 0 Å². The molecular weight excluding hydrogens is 490 g/mol. The third kappa shape index (κ3) is 6.50. The lowest BCUT2D eigenvalue weighted by atomic mass is 10.1. The number of hydrogen-bond acceptors (Lipinski definition) is 9. The third-order valence-corrected chi connectivity index (χ3v) is 7.07. The normalized spacial score (nSPS) is 16.9. The summed E-state index contributed by atoms with van der Waals surface area (Å²) in [6, 6.07) is 6.40. The average Bonchev–Trinajstić information content (AvgIpc) is 3.65. The van der Waals surface area contributed by atoms with E-state index in [1.54, 1.807) is 18.0 Å². The van der Waals surface area contributed by atoms with Crippen LogP contribution in [0.5, 0.6) is 5.75 Å². The molecule has 1 atom stereocenters. The standard InChI is InChI=1S/C26H35N7O5/c1-37-22-11-17(12-27-19-6-8-38-9-7-19)4-5-18(22)14-33-23-21(13-28-33)30-25(32-26(35)36)31-24(23)29-20(15-34)10-16-2-3-16/h4-5,11,13,16,19-20,27,34H,2-3,6-10,12,14-15H2,1H3,(H,35,36)(H2,29,30,31,32). The summed E-state index contributed by atoms with van der Waals surface area (Å²) in [7, 11) is 1.65. The summed E-state index contributed by atoms with van der Waals surface area (Å²) in [4.78, 5) is 20.0. The molecule has 1 aromatic carbocycles. The molecule has 3 heterocycles. The van der Waals surface area contributed by atoms with E-state index < -0.39 is 6.09 Å². The molecule has 1 aliphatic carbocycles. The minimum atomic E-state index is -1.25. The number of aliphatic hydroxyl groups is 1. The molecule has 0 bridgehead atoms. The fourth-order valence-corrected chi connectivity index (χ4v) is 4.85. The zero-order chi connectivity index (χ0) is 26.5. The summed E-state index contributed by atoms with van der Waals surface area (Å²) in [6.45, 7) is 2.68. The summed E-state index contributed by atoms with van der Waals surface area (Å²) in [5, 5.41) is 32.8. The predicted molar refractivity (Wildman–Crippen MR) is 142 cm³/mol. The maximum Gasteiger partial charge on any atom is 0.411 e. The van der Waals surface area contributed by atoms with E-state index in [9.17, 15) is 15.0 Å². The van der Waals surface area contributed by atoms with Crippen LogP contribution < -0.4 is 20.7 Å². The largest absolute Gasteiger partial charge is 0.496 e. The number of hydrogen-bond donors (Lipinski definition) is 5. The second-order valence-corrected chi connectivity index (χ2v) is 9.98. The van der Waals surface area contributed by atoms with Gasteiger partial charge in [-0.15, -0.1) is 0 Å². The zero-order valence-corrected chi connectivity index (χ0v) is 21.5. The SMILES string of the molecule is COc1cc(CNC2CCOCC2)ccc1Cn1ncc2nc(NC(=O)O)nc(NC(CO)CC3CC3)c21. The second kappa shape index (κ2) is 11.9. The summed E-state index contributed by atoms with van der Waals surface area (Å²) in [6.07, 6.45) is 5.49. The maximum absolute atomic E-state index is 11.2. The fraction of sp³-hybridized carbons (Fsp3) is 0.538. The lowest BCUT2D eigenvalue weighted by Gasteiger charge is -2.23. The molecule has 1 aliphatic heterocycles.